The number of hydrogen-bond acceptors (Lipinski definition) is 5. The molecule has 2 saturated heterocycles. The number of nitrogens with one attached hydrogen (secondary N) is 2. The van der Waals surface area contributed by atoms with E-state index in [9.17, 15) is 8.42 Å². The summed E-state index contributed by atoms with van der Waals surface area (Å²) >= 11 is 0. The van der Waals surface area contributed by atoms with E-state index < -0.39 is 10.0 Å². The van der Waals surface area contributed by atoms with Crippen LogP contribution in [0.1, 0.15) is 24.8 Å². The summed E-state index contributed by atoms with van der Waals surface area (Å²) in [6, 6.07) is 0.373. The third kappa shape index (κ3) is 2.85. The third-order valence-corrected chi connectivity index (χ3v) is 6.32. The van der Waals surface area contributed by atoms with Crippen molar-refractivity contribution in [3.05, 3.63) is 11.8 Å². The van der Waals surface area contributed by atoms with Crippen LogP contribution < -0.4 is 5.32 Å². The average molecular weight is 313 g/mol. The zero-order chi connectivity index (χ0) is 14.9. The lowest BCUT2D eigenvalue weighted by Gasteiger charge is -2.43. The average Bonchev–Trinajstić information content (AvgIpc) is 2.96. The Kier molecular flexibility index (Phi) is 4.30. The number of aromatic amines is 1. The van der Waals surface area contributed by atoms with Crippen LogP contribution in [-0.2, 0) is 16.6 Å². The molecule has 0 radical (unpaired) electrons. The lowest BCUT2D eigenvalue weighted by Crippen LogP contribution is -2.56. The van der Waals surface area contributed by atoms with Gasteiger partial charge in [0.05, 0.1) is 6.20 Å². The second kappa shape index (κ2) is 6.04. The molecular weight excluding hydrogens is 290 g/mol. The van der Waals surface area contributed by atoms with Crippen LogP contribution in [0.2, 0.25) is 0 Å². The van der Waals surface area contributed by atoms with Gasteiger partial charge in [0.15, 0.2) is 5.03 Å². The molecule has 1 atom stereocenters. The molecule has 1 aromatic heterocycles. The number of H-pyrrole nitrogens is 1. The van der Waals surface area contributed by atoms with Gasteiger partial charge in [-0.1, -0.05) is 6.42 Å². The smallest absolute Gasteiger partial charge is 0.260 e. The fourth-order valence-corrected chi connectivity index (χ4v) is 4.89. The minimum Gasteiger partial charge on any atom is -0.316 e. The van der Waals surface area contributed by atoms with E-state index in [-0.39, 0.29) is 5.03 Å². The van der Waals surface area contributed by atoms with E-state index in [0.29, 0.717) is 31.2 Å². The standard InChI is InChI=1S/C13H23N5O2S/c1-14-8-11-9-15-16-13(11)21(19,20)18-7-6-17-5-3-2-4-12(17)10-18/h9,12,14H,2-8,10H2,1H3,(H,15,16). The van der Waals surface area contributed by atoms with E-state index in [4.69, 9.17) is 0 Å². The molecule has 7 nitrogen and oxygen atoms in total. The van der Waals surface area contributed by atoms with E-state index in [1.54, 1.807) is 17.5 Å². The van der Waals surface area contributed by atoms with E-state index in [2.05, 4.69) is 20.4 Å². The van der Waals surface area contributed by atoms with Crippen molar-refractivity contribution in [1.82, 2.24) is 24.7 Å². The fourth-order valence-electron chi connectivity index (χ4n) is 3.31. The third-order valence-electron chi connectivity index (χ3n) is 4.44. The molecule has 118 valence electrons. The SMILES string of the molecule is CNCc1cn[nH]c1S(=O)(=O)N1CCN2CCCCC2C1. The normalized spacial score (nSPS) is 24.9. The Labute approximate surface area is 125 Å². The Bertz CT molecular complexity index is 585. The van der Waals surface area contributed by atoms with Crippen molar-refractivity contribution in [3.63, 3.8) is 0 Å². The number of piperazine rings is 1. The van der Waals surface area contributed by atoms with E-state index in [1.807, 2.05) is 0 Å². The summed E-state index contributed by atoms with van der Waals surface area (Å²) in [6.45, 7) is 3.60. The first-order chi connectivity index (χ1) is 10.1. The van der Waals surface area contributed by atoms with Gasteiger partial charge in [-0.25, -0.2) is 8.42 Å². The highest BCUT2D eigenvalue weighted by Gasteiger charge is 2.36. The minimum absolute atomic E-state index is 0.237. The highest BCUT2D eigenvalue weighted by molar-refractivity contribution is 7.89. The molecule has 1 aromatic rings. The Morgan fingerprint density at radius 1 is 1.38 bits per heavy atom. The van der Waals surface area contributed by atoms with E-state index >= 15 is 0 Å². The first-order valence-electron chi connectivity index (χ1n) is 7.54. The van der Waals surface area contributed by atoms with Crippen molar-refractivity contribution in [3.8, 4) is 0 Å². The molecule has 0 aromatic carbocycles. The van der Waals surface area contributed by atoms with E-state index in [1.165, 1.54) is 12.8 Å². The molecule has 0 aliphatic carbocycles. The van der Waals surface area contributed by atoms with Crippen molar-refractivity contribution < 1.29 is 8.42 Å². The number of sulfonamides is 1. The van der Waals surface area contributed by atoms with Crippen molar-refractivity contribution in [2.45, 2.75) is 36.9 Å². The fraction of sp³-hybridized carbons (Fsp3) is 0.769. The summed E-state index contributed by atoms with van der Waals surface area (Å²) in [7, 11) is -1.68. The van der Waals surface area contributed by atoms with Crippen LogP contribution in [0.3, 0.4) is 0 Å². The lowest BCUT2D eigenvalue weighted by molar-refractivity contribution is 0.0850. The number of piperidine rings is 1. The van der Waals surface area contributed by atoms with Crippen LogP contribution >= 0.6 is 0 Å². The molecule has 2 fully saturated rings. The second-order valence-electron chi connectivity index (χ2n) is 5.80. The first-order valence-corrected chi connectivity index (χ1v) is 8.98. The highest BCUT2D eigenvalue weighted by atomic mass is 32.2. The van der Waals surface area contributed by atoms with Crippen molar-refractivity contribution in [2.24, 2.45) is 0 Å². The number of aromatic nitrogens is 2. The largest absolute Gasteiger partial charge is 0.316 e. The summed E-state index contributed by atoms with van der Waals surface area (Å²) in [5, 5.41) is 9.79. The van der Waals surface area contributed by atoms with Gasteiger partial charge in [0.25, 0.3) is 10.0 Å². The van der Waals surface area contributed by atoms with Crippen molar-refractivity contribution >= 4 is 10.0 Å². The number of hydrogen-bond donors (Lipinski definition) is 2. The monoisotopic (exact) mass is 313 g/mol. The molecule has 21 heavy (non-hydrogen) atoms. The summed E-state index contributed by atoms with van der Waals surface area (Å²) < 4.78 is 27.3. The van der Waals surface area contributed by atoms with Gasteiger partial charge in [-0.15, -0.1) is 0 Å². The molecule has 1 unspecified atom stereocenters. The molecule has 2 aliphatic heterocycles. The van der Waals surface area contributed by atoms with Crippen LogP contribution in [-0.4, -0.2) is 67.1 Å². The molecule has 0 bridgehead atoms. The maximum Gasteiger partial charge on any atom is 0.260 e. The Balaban J connectivity index is 1.80. The Morgan fingerprint density at radius 3 is 3.05 bits per heavy atom. The molecule has 0 saturated carbocycles. The molecular formula is C13H23N5O2S. The summed E-state index contributed by atoms with van der Waals surface area (Å²) in [5.74, 6) is 0. The lowest BCUT2D eigenvalue weighted by atomic mass is 10.0. The minimum atomic E-state index is -3.47. The second-order valence-corrected chi connectivity index (χ2v) is 7.68. The highest BCUT2D eigenvalue weighted by Crippen LogP contribution is 2.25. The number of rotatable bonds is 4. The maximum absolute atomic E-state index is 12.8. The van der Waals surface area contributed by atoms with Gasteiger partial charge < -0.3 is 5.32 Å². The van der Waals surface area contributed by atoms with Crippen LogP contribution in [0.25, 0.3) is 0 Å². The first kappa shape index (κ1) is 15.0. The molecule has 2 N–H and O–H groups in total. The topological polar surface area (TPSA) is 81.3 Å². The number of fused-ring (bicyclic) bond motifs is 1. The van der Waals surface area contributed by atoms with Crippen LogP contribution in [0.5, 0.6) is 0 Å². The molecule has 2 aliphatic rings. The zero-order valence-electron chi connectivity index (χ0n) is 12.4. The maximum atomic E-state index is 12.8. The summed E-state index contributed by atoms with van der Waals surface area (Å²) in [6.07, 6.45) is 5.11. The molecule has 0 spiro atoms. The van der Waals surface area contributed by atoms with Gasteiger partial charge in [-0.2, -0.15) is 9.40 Å². The summed E-state index contributed by atoms with van der Waals surface area (Å²) in [5.41, 5.74) is 0.698. The Morgan fingerprint density at radius 2 is 2.24 bits per heavy atom. The van der Waals surface area contributed by atoms with Crippen LogP contribution in [0.4, 0.5) is 0 Å². The van der Waals surface area contributed by atoms with Crippen LogP contribution in [0.15, 0.2) is 11.2 Å². The van der Waals surface area contributed by atoms with E-state index in [0.717, 1.165) is 19.5 Å². The van der Waals surface area contributed by atoms with Gasteiger partial charge in [0.1, 0.15) is 0 Å². The quantitative estimate of drug-likeness (QED) is 0.817. The van der Waals surface area contributed by atoms with Gasteiger partial charge in [0, 0.05) is 37.8 Å². The molecule has 3 rings (SSSR count). The number of nitrogens with zero attached hydrogens (tertiary/aromatic N) is 3. The Hall–Kier alpha value is -0.960. The van der Waals surface area contributed by atoms with Gasteiger partial charge >= 0.3 is 0 Å². The van der Waals surface area contributed by atoms with Crippen LogP contribution in [0, 0.1) is 0 Å². The van der Waals surface area contributed by atoms with Gasteiger partial charge in [-0.05, 0) is 26.4 Å². The van der Waals surface area contributed by atoms with Gasteiger partial charge in [-0.3, -0.25) is 10.00 Å². The van der Waals surface area contributed by atoms with Crippen molar-refractivity contribution in [1.29, 1.82) is 0 Å². The molecule has 3 heterocycles. The van der Waals surface area contributed by atoms with Gasteiger partial charge in [0.2, 0.25) is 0 Å². The predicted molar refractivity (Wildman–Crippen MR) is 79.3 cm³/mol. The predicted octanol–water partition coefficient (Wildman–Crippen LogP) is -0.0121. The van der Waals surface area contributed by atoms with Crippen molar-refractivity contribution in [2.75, 3.05) is 33.2 Å². The zero-order valence-corrected chi connectivity index (χ0v) is 13.2. The summed E-state index contributed by atoms with van der Waals surface area (Å²) in [4.78, 5) is 2.43. The molecule has 8 heteroatoms. The molecule has 0 amide bonds.